The third-order valence-corrected chi connectivity index (χ3v) is 6.89. The molecule has 0 radical (unpaired) electrons. The molecule has 34 heavy (non-hydrogen) atoms. The number of hydrogen-bond acceptors (Lipinski definition) is 4. The topological polar surface area (TPSA) is 84.6 Å². The van der Waals surface area contributed by atoms with Crippen LogP contribution >= 0.6 is 11.6 Å². The minimum atomic E-state index is -0.178. The van der Waals surface area contributed by atoms with Crippen LogP contribution in [0.1, 0.15) is 23.1 Å². The molecule has 4 aromatic rings. The van der Waals surface area contributed by atoms with Crippen molar-refractivity contribution >= 4 is 39.9 Å². The standard InChI is InChI=1S/C26H24ClN5O2/c1-17-20(26(34)32-23-8-3-2-7-22(23)29-25(32)21(17)16-28)9-10-24(33)31-13-11-30(12-14-31)19-6-4-5-18(27)15-19/h2-8,15,29H,9-14H2,1H3. The van der Waals surface area contributed by atoms with Gasteiger partial charge in [-0.15, -0.1) is 0 Å². The molecular weight excluding hydrogens is 450 g/mol. The summed E-state index contributed by atoms with van der Waals surface area (Å²) in [6.07, 6.45) is 0.529. The Morgan fingerprint density at radius 1 is 1.12 bits per heavy atom. The van der Waals surface area contributed by atoms with Crippen molar-refractivity contribution in [3.8, 4) is 6.07 Å². The first kappa shape index (κ1) is 22.1. The smallest absolute Gasteiger partial charge is 0.260 e. The van der Waals surface area contributed by atoms with E-state index in [2.05, 4.69) is 16.0 Å². The average Bonchev–Trinajstić information content (AvgIpc) is 3.23. The number of hydrogen-bond donors (Lipinski definition) is 1. The number of nitrogens with one attached hydrogen (secondary N) is 1. The molecule has 7 nitrogen and oxygen atoms in total. The summed E-state index contributed by atoms with van der Waals surface area (Å²) in [5, 5.41) is 10.5. The zero-order valence-electron chi connectivity index (χ0n) is 18.8. The fourth-order valence-electron chi connectivity index (χ4n) is 4.80. The largest absolute Gasteiger partial charge is 0.368 e. The molecule has 0 atom stereocenters. The fourth-order valence-corrected chi connectivity index (χ4v) is 4.98. The number of carbonyl (C=O) groups excluding carboxylic acids is 1. The van der Waals surface area contributed by atoms with Crippen molar-refractivity contribution in [2.45, 2.75) is 19.8 Å². The van der Waals surface area contributed by atoms with Gasteiger partial charge in [-0.05, 0) is 49.2 Å². The summed E-state index contributed by atoms with van der Waals surface area (Å²) in [4.78, 5) is 33.6. The number of rotatable bonds is 4. The Hall–Kier alpha value is -3.76. The van der Waals surface area contributed by atoms with Crippen molar-refractivity contribution in [2.75, 3.05) is 31.1 Å². The van der Waals surface area contributed by atoms with Crippen molar-refractivity contribution in [1.29, 1.82) is 5.26 Å². The summed E-state index contributed by atoms with van der Waals surface area (Å²) < 4.78 is 1.56. The monoisotopic (exact) mass is 473 g/mol. The van der Waals surface area contributed by atoms with Gasteiger partial charge in [-0.25, -0.2) is 0 Å². The second-order valence-corrected chi connectivity index (χ2v) is 9.01. The van der Waals surface area contributed by atoms with E-state index in [1.54, 1.807) is 11.3 Å². The lowest BCUT2D eigenvalue weighted by Crippen LogP contribution is -2.48. The van der Waals surface area contributed by atoms with E-state index in [9.17, 15) is 14.9 Å². The maximum atomic E-state index is 13.4. The van der Waals surface area contributed by atoms with Gasteiger partial charge in [0.25, 0.3) is 5.56 Å². The minimum Gasteiger partial charge on any atom is -0.368 e. The maximum Gasteiger partial charge on any atom is 0.260 e. The Balaban J connectivity index is 1.34. The van der Waals surface area contributed by atoms with Gasteiger partial charge in [0.05, 0.1) is 16.6 Å². The van der Waals surface area contributed by atoms with E-state index >= 15 is 0 Å². The van der Waals surface area contributed by atoms with Gasteiger partial charge in [0.15, 0.2) is 0 Å². The molecule has 0 saturated carbocycles. The molecule has 2 aromatic carbocycles. The molecule has 1 amide bonds. The lowest BCUT2D eigenvalue weighted by atomic mass is 10.0. The van der Waals surface area contributed by atoms with Crippen LogP contribution < -0.4 is 10.5 Å². The number of amides is 1. The second-order valence-electron chi connectivity index (χ2n) is 8.57. The third kappa shape index (κ3) is 3.80. The van der Waals surface area contributed by atoms with Gasteiger partial charge in [-0.1, -0.05) is 29.8 Å². The van der Waals surface area contributed by atoms with Crippen molar-refractivity contribution in [3.05, 3.63) is 80.6 Å². The number of fused-ring (bicyclic) bond motifs is 3. The molecule has 3 heterocycles. The summed E-state index contributed by atoms with van der Waals surface area (Å²) >= 11 is 6.11. The summed E-state index contributed by atoms with van der Waals surface area (Å²) in [6.45, 7) is 4.48. The van der Waals surface area contributed by atoms with Crippen molar-refractivity contribution < 1.29 is 4.79 Å². The van der Waals surface area contributed by atoms with Gasteiger partial charge in [-0.3, -0.25) is 14.0 Å². The normalized spacial score (nSPS) is 14.0. The average molecular weight is 474 g/mol. The number of carbonyl (C=O) groups is 1. The second kappa shape index (κ2) is 8.88. The van der Waals surface area contributed by atoms with Crippen LogP contribution in [0.15, 0.2) is 53.3 Å². The minimum absolute atomic E-state index is 0.0204. The van der Waals surface area contributed by atoms with E-state index in [1.165, 1.54) is 0 Å². The van der Waals surface area contributed by atoms with Crippen molar-refractivity contribution in [2.24, 2.45) is 0 Å². The third-order valence-electron chi connectivity index (χ3n) is 6.65. The molecule has 1 fully saturated rings. The molecule has 0 spiro atoms. The molecular formula is C26H24ClN5O2. The number of pyridine rings is 1. The van der Waals surface area contributed by atoms with Gasteiger partial charge in [0, 0.05) is 48.9 Å². The van der Waals surface area contributed by atoms with Crippen LogP contribution in [0.2, 0.25) is 5.02 Å². The zero-order chi connectivity index (χ0) is 23.8. The van der Waals surface area contributed by atoms with E-state index in [-0.39, 0.29) is 17.9 Å². The molecule has 5 rings (SSSR count). The molecule has 2 aromatic heterocycles. The van der Waals surface area contributed by atoms with E-state index in [0.717, 1.165) is 29.8 Å². The number of benzene rings is 2. The van der Waals surface area contributed by atoms with Gasteiger partial charge in [0.1, 0.15) is 11.7 Å². The van der Waals surface area contributed by atoms with E-state index in [0.29, 0.717) is 46.9 Å². The molecule has 0 aliphatic carbocycles. The number of anilines is 1. The summed E-state index contributed by atoms with van der Waals surface area (Å²) in [5.74, 6) is 0.0204. The number of aromatic nitrogens is 2. The number of H-pyrrole nitrogens is 1. The predicted octanol–water partition coefficient (Wildman–Crippen LogP) is 3.90. The lowest BCUT2D eigenvalue weighted by Gasteiger charge is -2.36. The first-order chi connectivity index (χ1) is 16.5. The Labute approximate surface area is 201 Å². The summed E-state index contributed by atoms with van der Waals surface area (Å²) in [6, 6.07) is 17.4. The molecule has 0 unspecified atom stereocenters. The van der Waals surface area contributed by atoms with Crippen LogP contribution in [-0.2, 0) is 11.2 Å². The number of piperazine rings is 1. The molecule has 8 heteroatoms. The summed E-state index contributed by atoms with van der Waals surface area (Å²) in [7, 11) is 0. The van der Waals surface area contributed by atoms with Crippen LogP contribution in [0.5, 0.6) is 0 Å². The van der Waals surface area contributed by atoms with E-state index in [4.69, 9.17) is 11.6 Å². The maximum absolute atomic E-state index is 13.4. The lowest BCUT2D eigenvalue weighted by molar-refractivity contribution is -0.131. The number of imidazole rings is 1. The molecule has 0 bridgehead atoms. The first-order valence-corrected chi connectivity index (χ1v) is 11.7. The van der Waals surface area contributed by atoms with Crippen molar-refractivity contribution in [1.82, 2.24) is 14.3 Å². The first-order valence-electron chi connectivity index (χ1n) is 11.3. The molecule has 1 saturated heterocycles. The zero-order valence-corrected chi connectivity index (χ0v) is 19.6. The van der Waals surface area contributed by atoms with Gasteiger partial charge < -0.3 is 14.8 Å². The quantitative estimate of drug-likeness (QED) is 0.487. The van der Waals surface area contributed by atoms with Gasteiger partial charge in [0.2, 0.25) is 5.91 Å². The highest BCUT2D eigenvalue weighted by molar-refractivity contribution is 6.30. The molecule has 172 valence electrons. The van der Waals surface area contributed by atoms with Gasteiger partial charge in [-0.2, -0.15) is 5.26 Å². The van der Waals surface area contributed by atoms with E-state index < -0.39 is 0 Å². The van der Waals surface area contributed by atoms with Gasteiger partial charge >= 0.3 is 0 Å². The Kier molecular flexibility index (Phi) is 5.76. The molecule has 1 aliphatic rings. The van der Waals surface area contributed by atoms with Crippen LogP contribution in [-0.4, -0.2) is 46.4 Å². The highest BCUT2D eigenvalue weighted by Gasteiger charge is 2.23. The molecule has 1 N–H and O–H groups in total. The van der Waals surface area contributed by atoms with Crippen LogP contribution in [0, 0.1) is 18.3 Å². The Morgan fingerprint density at radius 3 is 2.62 bits per heavy atom. The highest BCUT2D eigenvalue weighted by Crippen LogP contribution is 2.23. The number of aromatic amines is 1. The van der Waals surface area contributed by atoms with Crippen LogP contribution in [0.3, 0.4) is 0 Å². The van der Waals surface area contributed by atoms with Crippen molar-refractivity contribution in [3.63, 3.8) is 0 Å². The Morgan fingerprint density at radius 2 is 1.88 bits per heavy atom. The fraction of sp³-hybridized carbons (Fsp3) is 0.269. The number of nitriles is 1. The van der Waals surface area contributed by atoms with E-state index in [1.807, 2.05) is 53.4 Å². The molecule has 1 aliphatic heterocycles. The summed E-state index contributed by atoms with van der Waals surface area (Å²) in [5.41, 5.74) is 4.49. The number of halogens is 1. The SMILES string of the molecule is Cc1c(CCC(=O)N2CCN(c3cccc(Cl)c3)CC2)c(=O)n2c([nH]c3ccccc32)c1C#N. The van der Waals surface area contributed by atoms with Crippen LogP contribution in [0.4, 0.5) is 5.69 Å². The Bertz CT molecular complexity index is 1510. The number of para-hydroxylation sites is 2. The highest BCUT2D eigenvalue weighted by atomic mass is 35.5. The number of nitrogens with zero attached hydrogens (tertiary/aromatic N) is 4. The predicted molar refractivity (Wildman–Crippen MR) is 134 cm³/mol. The van der Waals surface area contributed by atoms with Crippen LogP contribution in [0.25, 0.3) is 16.7 Å².